The summed E-state index contributed by atoms with van der Waals surface area (Å²) in [6.07, 6.45) is 3.53. The van der Waals surface area contributed by atoms with Crippen LogP contribution in [0.1, 0.15) is 16.7 Å². The summed E-state index contributed by atoms with van der Waals surface area (Å²) in [4.78, 5) is 4.14. The van der Waals surface area contributed by atoms with Crippen LogP contribution >= 0.6 is 0 Å². The molecule has 0 aliphatic heterocycles. The first kappa shape index (κ1) is 13.4. The molecule has 1 aromatic heterocycles. The zero-order chi connectivity index (χ0) is 15.0. The summed E-state index contributed by atoms with van der Waals surface area (Å²) in [5.74, 6) is 1.72. The second-order valence-electron chi connectivity index (χ2n) is 5.33. The topological polar surface area (TPSA) is 48.1 Å². The van der Waals surface area contributed by atoms with Crippen LogP contribution in [0, 0.1) is 20.8 Å². The van der Waals surface area contributed by atoms with Gasteiger partial charge in [-0.05, 0) is 55.7 Å². The lowest BCUT2D eigenvalue weighted by Crippen LogP contribution is -1.95. The molecule has 0 fully saturated rings. The van der Waals surface area contributed by atoms with E-state index >= 15 is 0 Å². The van der Waals surface area contributed by atoms with Crippen LogP contribution < -0.4 is 10.5 Å². The lowest BCUT2D eigenvalue weighted by atomic mass is 10.0. The minimum absolute atomic E-state index is 0.711. The molecule has 0 unspecified atom stereocenters. The molecule has 2 aromatic carbocycles. The lowest BCUT2D eigenvalue weighted by Gasteiger charge is -2.15. The highest BCUT2D eigenvalue weighted by molar-refractivity contribution is 5.96. The Bertz CT molecular complexity index is 825. The second-order valence-corrected chi connectivity index (χ2v) is 5.33. The third-order valence-electron chi connectivity index (χ3n) is 3.90. The lowest BCUT2D eigenvalue weighted by molar-refractivity contribution is 0.480. The molecular formula is C18H18N2O. The predicted molar refractivity (Wildman–Crippen MR) is 86.9 cm³/mol. The maximum Gasteiger partial charge on any atom is 0.135 e. The summed E-state index contributed by atoms with van der Waals surface area (Å²) in [5, 5.41) is 1.89. The third-order valence-corrected chi connectivity index (χ3v) is 3.90. The number of nitrogen functional groups attached to an aromatic ring is 1. The van der Waals surface area contributed by atoms with E-state index in [9.17, 15) is 0 Å². The van der Waals surface area contributed by atoms with E-state index in [1.165, 1.54) is 5.56 Å². The average molecular weight is 278 g/mol. The van der Waals surface area contributed by atoms with Gasteiger partial charge in [-0.25, -0.2) is 0 Å². The SMILES string of the molecule is Cc1ccc(C)c(Oc2ccc(N)c3cnccc23)c1C. The number of benzene rings is 2. The van der Waals surface area contributed by atoms with Gasteiger partial charge in [0.1, 0.15) is 11.5 Å². The maximum atomic E-state index is 6.21. The van der Waals surface area contributed by atoms with Crippen LogP contribution in [0.4, 0.5) is 5.69 Å². The fourth-order valence-corrected chi connectivity index (χ4v) is 2.47. The number of hydrogen-bond donors (Lipinski definition) is 1. The molecule has 0 aliphatic rings. The number of nitrogens with two attached hydrogens (primary N) is 1. The minimum atomic E-state index is 0.711. The normalized spacial score (nSPS) is 10.8. The van der Waals surface area contributed by atoms with Gasteiger partial charge in [0, 0.05) is 28.9 Å². The van der Waals surface area contributed by atoms with E-state index in [-0.39, 0.29) is 0 Å². The largest absolute Gasteiger partial charge is 0.456 e. The van der Waals surface area contributed by atoms with E-state index in [1.807, 2.05) is 18.2 Å². The molecule has 1 heterocycles. The number of pyridine rings is 1. The number of fused-ring (bicyclic) bond motifs is 1. The molecule has 3 nitrogen and oxygen atoms in total. The molecule has 3 rings (SSSR count). The van der Waals surface area contributed by atoms with Crippen LogP contribution in [0.2, 0.25) is 0 Å². The van der Waals surface area contributed by atoms with E-state index < -0.39 is 0 Å². The summed E-state index contributed by atoms with van der Waals surface area (Å²) in [6.45, 7) is 6.23. The van der Waals surface area contributed by atoms with Crippen molar-refractivity contribution in [1.82, 2.24) is 4.98 Å². The van der Waals surface area contributed by atoms with Crippen molar-refractivity contribution in [2.75, 3.05) is 5.73 Å². The number of hydrogen-bond acceptors (Lipinski definition) is 3. The van der Waals surface area contributed by atoms with E-state index in [0.29, 0.717) is 5.69 Å². The molecule has 0 spiro atoms. The molecular weight excluding hydrogens is 260 g/mol. The Morgan fingerprint density at radius 1 is 0.905 bits per heavy atom. The fourth-order valence-electron chi connectivity index (χ4n) is 2.47. The highest BCUT2D eigenvalue weighted by atomic mass is 16.5. The van der Waals surface area contributed by atoms with Crippen molar-refractivity contribution in [3.05, 3.63) is 59.4 Å². The summed E-state index contributed by atoms with van der Waals surface area (Å²) < 4.78 is 6.21. The van der Waals surface area contributed by atoms with Crippen molar-refractivity contribution in [3.8, 4) is 11.5 Å². The number of ether oxygens (including phenoxy) is 1. The van der Waals surface area contributed by atoms with Gasteiger partial charge in [-0.2, -0.15) is 0 Å². The van der Waals surface area contributed by atoms with E-state index in [1.54, 1.807) is 12.4 Å². The summed E-state index contributed by atoms with van der Waals surface area (Å²) in [7, 11) is 0. The first-order chi connectivity index (χ1) is 10.1. The maximum absolute atomic E-state index is 6.21. The highest BCUT2D eigenvalue weighted by Crippen LogP contribution is 2.36. The number of rotatable bonds is 2. The predicted octanol–water partition coefficient (Wildman–Crippen LogP) is 4.53. The first-order valence-corrected chi connectivity index (χ1v) is 6.95. The molecule has 0 saturated heterocycles. The first-order valence-electron chi connectivity index (χ1n) is 6.95. The molecule has 0 amide bonds. The summed E-state index contributed by atoms with van der Waals surface area (Å²) in [5.41, 5.74) is 10.2. The zero-order valence-corrected chi connectivity index (χ0v) is 12.5. The molecule has 21 heavy (non-hydrogen) atoms. The quantitative estimate of drug-likeness (QED) is 0.700. The summed E-state index contributed by atoms with van der Waals surface area (Å²) in [6, 6.07) is 9.90. The number of aromatic nitrogens is 1. The Morgan fingerprint density at radius 3 is 2.48 bits per heavy atom. The second kappa shape index (κ2) is 5.09. The Morgan fingerprint density at radius 2 is 1.67 bits per heavy atom. The van der Waals surface area contributed by atoms with Crippen molar-refractivity contribution in [1.29, 1.82) is 0 Å². The van der Waals surface area contributed by atoms with Crippen LogP contribution in [0.15, 0.2) is 42.7 Å². The van der Waals surface area contributed by atoms with Gasteiger partial charge in [0.05, 0.1) is 0 Å². The molecule has 3 heteroatoms. The van der Waals surface area contributed by atoms with E-state index in [0.717, 1.165) is 33.4 Å². The smallest absolute Gasteiger partial charge is 0.135 e. The van der Waals surface area contributed by atoms with E-state index in [4.69, 9.17) is 10.5 Å². The Labute approximate surface area is 124 Å². The van der Waals surface area contributed by atoms with Crippen molar-refractivity contribution in [3.63, 3.8) is 0 Å². The van der Waals surface area contributed by atoms with Gasteiger partial charge in [-0.1, -0.05) is 12.1 Å². The van der Waals surface area contributed by atoms with Crippen LogP contribution in [-0.2, 0) is 0 Å². The van der Waals surface area contributed by atoms with E-state index in [2.05, 4.69) is 37.9 Å². The van der Waals surface area contributed by atoms with Crippen LogP contribution in [0.25, 0.3) is 10.8 Å². The van der Waals surface area contributed by atoms with Crippen molar-refractivity contribution in [2.24, 2.45) is 0 Å². The van der Waals surface area contributed by atoms with Crippen molar-refractivity contribution in [2.45, 2.75) is 20.8 Å². The van der Waals surface area contributed by atoms with Gasteiger partial charge in [-0.15, -0.1) is 0 Å². The molecule has 0 saturated carbocycles. The molecule has 2 N–H and O–H groups in total. The molecule has 0 bridgehead atoms. The number of anilines is 1. The molecule has 3 aromatic rings. The van der Waals surface area contributed by atoms with Gasteiger partial charge in [-0.3, -0.25) is 4.98 Å². The minimum Gasteiger partial charge on any atom is -0.456 e. The van der Waals surface area contributed by atoms with Crippen molar-refractivity contribution >= 4 is 16.5 Å². The van der Waals surface area contributed by atoms with Crippen LogP contribution in [0.5, 0.6) is 11.5 Å². The number of aryl methyl sites for hydroxylation is 2. The van der Waals surface area contributed by atoms with Crippen LogP contribution in [-0.4, -0.2) is 4.98 Å². The van der Waals surface area contributed by atoms with Crippen molar-refractivity contribution < 1.29 is 4.74 Å². The van der Waals surface area contributed by atoms with Gasteiger partial charge in [0.2, 0.25) is 0 Å². The molecule has 0 atom stereocenters. The van der Waals surface area contributed by atoms with Crippen LogP contribution in [0.3, 0.4) is 0 Å². The molecule has 0 aliphatic carbocycles. The summed E-state index contributed by atoms with van der Waals surface area (Å²) >= 11 is 0. The zero-order valence-electron chi connectivity index (χ0n) is 12.5. The Kier molecular flexibility index (Phi) is 3.26. The molecule has 0 radical (unpaired) electrons. The average Bonchev–Trinajstić information content (AvgIpc) is 2.50. The Balaban J connectivity index is 2.16. The standard InChI is InChI=1S/C18H18N2O/c1-11-4-5-12(2)18(13(11)3)21-17-7-6-16(19)15-10-20-9-8-14(15)17/h4-10H,19H2,1-3H3. The monoisotopic (exact) mass is 278 g/mol. The fraction of sp³-hybridized carbons (Fsp3) is 0.167. The number of nitrogens with zero attached hydrogens (tertiary/aromatic N) is 1. The Hall–Kier alpha value is -2.55. The van der Waals surface area contributed by atoms with Gasteiger partial charge in [0.25, 0.3) is 0 Å². The highest BCUT2D eigenvalue weighted by Gasteiger charge is 2.11. The van der Waals surface area contributed by atoms with Gasteiger partial charge < -0.3 is 10.5 Å². The molecule has 106 valence electrons. The third kappa shape index (κ3) is 2.31. The van der Waals surface area contributed by atoms with Gasteiger partial charge >= 0.3 is 0 Å². The van der Waals surface area contributed by atoms with Gasteiger partial charge in [0.15, 0.2) is 0 Å².